The third-order valence-electron chi connectivity index (χ3n) is 2.33. The largest absolute Gasteiger partial charge is 0.465 e. The Kier molecular flexibility index (Phi) is 4.05. The van der Waals surface area contributed by atoms with Gasteiger partial charge in [-0.1, -0.05) is 12.1 Å². The number of methoxy groups -OCH3 is 1. The van der Waals surface area contributed by atoms with Gasteiger partial charge in [0.05, 0.1) is 12.7 Å². The molecule has 0 atom stereocenters. The summed E-state index contributed by atoms with van der Waals surface area (Å²) in [5, 5.41) is 0. The van der Waals surface area contributed by atoms with Gasteiger partial charge in [-0.05, 0) is 17.7 Å². The number of carbonyl (C=O) groups excluding carboxylic acids is 2. The minimum absolute atomic E-state index is 0.0112. The molecule has 1 aromatic rings. The van der Waals surface area contributed by atoms with E-state index in [0.29, 0.717) is 12.1 Å². The van der Waals surface area contributed by atoms with Crippen LogP contribution in [0.5, 0.6) is 0 Å². The number of hydrogen-bond acceptors (Lipinski definition) is 3. The van der Waals surface area contributed by atoms with Gasteiger partial charge in [0.15, 0.2) is 0 Å². The van der Waals surface area contributed by atoms with Gasteiger partial charge in [-0.25, -0.2) is 4.79 Å². The third-order valence-corrected chi connectivity index (χ3v) is 2.33. The van der Waals surface area contributed by atoms with Crippen LogP contribution in [0.15, 0.2) is 24.3 Å². The van der Waals surface area contributed by atoms with E-state index in [1.807, 2.05) is 12.1 Å². The van der Waals surface area contributed by atoms with Gasteiger partial charge in [-0.2, -0.15) is 0 Å². The van der Waals surface area contributed by atoms with E-state index in [9.17, 15) is 9.59 Å². The lowest BCUT2D eigenvalue weighted by Gasteiger charge is -2.14. The van der Waals surface area contributed by atoms with Crippen LogP contribution in [-0.4, -0.2) is 30.9 Å². The Morgan fingerprint density at radius 2 is 1.81 bits per heavy atom. The Bertz CT molecular complexity index is 384. The summed E-state index contributed by atoms with van der Waals surface area (Å²) in [7, 11) is 3.08. The van der Waals surface area contributed by atoms with Gasteiger partial charge >= 0.3 is 5.97 Å². The fourth-order valence-corrected chi connectivity index (χ4v) is 1.25. The van der Waals surface area contributed by atoms with Gasteiger partial charge in [0.25, 0.3) is 0 Å². The molecule has 0 aliphatic carbocycles. The van der Waals surface area contributed by atoms with Crippen molar-refractivity contribution >= 4 is 11.9 Å². The molecule has 0 radical (unpaired) electrons. The molecule has 1 amide bonds. The van der Waals surface area contributed by atoms with Crippen LogP contribution in [-0.2, 0) is 16.1 Å². The maximum absolute atomic E-state index is 11.2. The van der Waals surface area contributed by atoms with Crippen molar-refractivity contribution < 1.29 is 14.3 Å². The van der Waals surface area contributed by atoms with Crippen LogP contribution in [0, 0.1) is 0 Å². The van der Waals surface area contributed by atoms with Crippen molar-refractivity contribution in [2.45, 2.75) is 13.5 Å². The maximum Gasteiger partial charge on any atom is 0.337 e. The Hall–Kier alpha value is -1.84. The highest BCUT2D eigenvalue weighted by Gasteiger charge is 2.06. The maximum atomic E-state index is 11.2. The van der Waals surface area contributed by atoms with Crippen molar-refractivity contribution in [3.63, 3.8) is 0 Å². The average molecular weight is 221 g/mol. The second-order valence-corrected chi connectivity index (χ2v) is 3.56. The first-order chi connectivity index (χ1) is 7.54. The summed E-state index contributed by atoms with van der Waals surface area (Å²) in [6.45, 7) is 2.06. The lowest BCUT2D eigenvalue weighted by Crippen LogP contribution is -2.22. The van der Waals surface area contributed by atoms with Crippen LogP contribution in [0.25, 0.3) is 0 Å². The Morgan fingerprint density at radius 1 is 1.25 bits per heavy atom. The first kappa shape index (κ1) is 12.2. The number of hydrogen-bond donors (Lipinski definition) is 0. The van der Waals surface area contributed by atoms with Crippen LogP contribution in [0.2, 0.25) is 0 Å². The zero-order valence-electron chi connectivity index (χ0n) is 9.69. The topological polar surface area (TPSA) is 46.6 Å². The number of ether oxygens (including phenoxy) is 1. The van der Waals surface area contributed by atoms with Gasteiger partial charge < -0.3 is 9.64 Å². The lowest BCUT2D eigenvalue weighted by molar-refractivity contribution is -0.128. The smallest absolute Gasteiger partial charge is 0.337 e. The summed E-state index contributed by atoms with van der Waals surface area (Å²) in [4.78, 5) is 23.8. The van der Waals surface area contributed by atoms with Crippen molar-refractivity contribution in [1.82, 2.24) is 4.90 Å². The fraction of sp³-hybridized carbons (Fsp3) is 0.333. The predicted molar refractivity (Wildman–Crippen MR) is 59.9 cm³/mol. The van der Waals surface area contributed by atoms with Crippen molar-refractivity contribution in [3.8, 4) is 0 Å². The second kappa shape index (κ2) is 5.30. The zero-order valence-corrected chi connectivity index (χ0v) is 9.69. The molecule has 0 spiro atoms. The molecule has 16 heavy (non-hydrogen) atoms. The number of amides is 1. The molecule has 0 saturated carbocycles. The molecule has 0 aromatic heterocycles. The molecule has 0 aliphatic rings. The summed E-state index contributed by atoms with van der Waals surface area (Å²) < 4.78 is 4.59. The van der Waals surface area contributed by atoms with E-state index in [0.717, 1.165) is 5.56 Å². The van der Waals surface area contributed by atoms with Crippen molar-refractivity contribution in [3.05, 3.63) is 35.4 Å². The highest BCUT2D eigenvalue weighted by Crippen LogP contribution is 2.07. The van der Waals surface area contributed by atoms with Crippen molar-refractivity contribution in [2.24, 2.45) is 0 Å². The summed E-state index contributed by atoms with van der Waals surface area (Å²) in [5.41, 5.74) is 1.49. The summed E-state index contributed by atoms with van der Waals surface area (Å²) >= 11 is 0. The minimum atomic E-state index is -0.355. The first-order valence-corrected chi connectivity index (χ1v) is 4.93. The molecule has 4 heteroatoms. The molecular formula is C12H15NO3. The van der Waals surface area contributed by atoms with E-state index in [1.165, 1.54) is 14.0 Å². The van der Waals surface area contributed by atoms with E-state index < -0.39 is 0 Å². The quantitative estimate of drug-likeness (QED) is 0.726. The van der Waals surface area contributed by atoms with E-state index in [1.54, 1.807) is 24.1 Å². The van der Waals surface area contributed by atoms with Crippen molar-refractivity contribution in [2.75, 3.05) is 14.2 Å². The molecule has 0 aliphatic heterocycles. The normalized spacial score (nSPS) is 9.69. The molecule has 86 valence electrons. The van der Waals surface area contributed by atoms with Gasteiger partial charge in [0, 0.05) is 20.5 Å². The van der Waals surface area contributed by atoms with Crippen LogP contribution >= 0.6 is 0 Å². The van der Waals surface area contributed by atoms with E-state index in [-0.39, 0.29) is 11.9 Å². The van der Waals surface area contributed by atoms with Gasteiger partial charge in [0.1, 0.15) is 0 Å². The first-order valence-electron chi connectivity index (χ1n) is 4.93. The number of rotatable bonds is 3. The molecule has 0 bridgehead atoms. The Balaban J connectivity index is 2.72. The Morgan fingerprint density at radius 3 is 2.25 bits per heavy atom. The average Bonchev–Trinajstić information content (AvgIpc) is 2.28. The van der Waals surface area contributed by atoms with Gasteiger partial charge in [-0.3, -0.25) is 4.79 Å². The minimum Gasteiger partial charge on any atom is -0.465 e. The molecule has 0 heterocycles. The van der Waals surface area contributed by atoms with Gasteiger partial charge in [-0.15, -0.1) is 0 Å². The number of benzene rings is 1. The van der Waals surface area contributed by atoms with Crippen LogP contribution in [0.4, 0.5) is 0 Å². The molecule has 4 nitrogen and oxygen atoms in total. The zero-order chi connectivity index (χ0) is 12.1. The molecule has 1 rings (SSSR count). The molecule has 0 unspecified atom stereocenters. The predicted octanol–water partition coefficient (Wildman–Crippen LogP) is 1.45. The summed E-state index contributed by atoms with van der Waals surface area (Å²) in [6.07, 6.45) is 0. The number of carbonyl (C=O) groups is 2. The van der Waals surface area contributed by atoms with E-state index in [4.69, 9.17) is 0 Å². The standard InChI is InChI=1S/C12H15NO3/c1-9(14)13(2)8-10-4-6-11(7-5-10)12(15)16-3/h4-7H,8H2,1-3H3. The van der Waals surface area contributed by atoms with Crippen molar-refractivity contribution in [1.29, 1.82) is 0 Å². The van der Waals surface area contributed by atoms with Crippen LogP contribution in [0.3, 0.4) is 0 Å². The number of esters is 1. The third kappa shape index (κ3) is 3.08. The molecule has 1 aromatic carbocycles. The van der Waals surface area contributed by atoms with E-state index >= 15 is 0 Å². The number of nitrogens with zero attached hydrogens (tertiary/aromatic N) is 1. The van der Waals surface area contributed by atoms with E-state index in [2.05, 4.69) is 4.74 Å². The van der Waals surface area contributed by atoms with Crippen LogP contribution in [0.1, 0.15) is 22.8 Å². The highest BCUT2D eigenvalue weighted by molar-refractivity contribution is 5.89. The lowest BCUT2D eigenvalue weighted by atomic mass is 10.1. The molecular weight excluding hydrogens is 206 g/mol. The Labute approximate surface area is 94.8 Å². The van der Waals surface area contributed by atoms with Crippen LogP contribution < -0.4 is 0 Å². The monoisotopic (exact) mass is 221 g/mol. The fourth-order valence-electron chi connectivity index (χ4n) is 1.25. The second-order valence-electron chi connectivity index (χ2n) is 3.56. The molecule has 0 N–H and O–H groups in total. The SMILES string of the molecule is COC(=O)c1ccc(CN(C)C(C)=O)cc1. The molecule has 0 saturated heterocycles. The molecule has 0 fully saturated rings. The highest BCUT2D eigenvalue weighted by atomic mass is 16.5. The summed E-state index contributed by atoms with van der Waals surface area (Å²) in [5.74, 6) is -0.344. The van der Waals surface area contributed by atoms with Gasteiger partial charge in [0.2, 0.25) is 5.91 Å². The summed E-state index contributed by atoms with van der Waals surface area (Å²) in [6, 6.07) is 7.00.